The van der Waals surface area contributed by atoms with E-state index in [0.29, 0.717) is 5.92 Å². The lowest BCUT2D eigenvalue weighted by molar-refractivity contribution is -0.446. The molecule has 6 heteroatoms. The SMILES string of the molecule is C[C@@H]1CC[C@H]2C[C@@H]1OO[C@]2(C)C(O)CC(=O)C(C)(C)O[Si](C)(C)C. The molecular weight excluding hydrogens is 324 g/mol. The van der Waals surface area contributed by atoms with Crippen molar-refractivity contribution in [2.24, 2.45) is 11.8 Å². The molecule has 5 nitrogen and oxygen atoms in total. The minimum atomic E-state index is -1.85. The van der Waals surface area contributed by atoms with E-state index in [4.69, 9.17) is 14.2 Å². The molecule has 5 atom stereocenters. The van der Waals surface area contributed by atoms with E-state index in [9.17, 15) is 9.90 Å². The van der Waals surface area contributed by atoms with E-state index in [0.717, 1.165) is 19.3 Å². The Bertz CT molecular complexity index is 473. The average molecular weight is 359 g/mol. The number of fused-ring (bicyclic) bond motifs is 2. The van der Waals surface area contributed by atoms with Crippen molar-refractivity contribution in [2.75, 3.05) is 0 Å². The van der Waals surface area contributed by atoms with Gasteiger partial charge in [-0.2, -0.15) is 0 Å². The van der Waals surface area contributed by atoms with Crippen molar-refractivity contribution in [3.05, 3.63) is 0 Å². The van der Waals surface area contributed by atoms with Crippen LogP contribution in [0.25, 0.3) is 0 Å². The van der Waals surface area contributed by atoms with Gasteiger partial charge in [0.2, 0.25) is 0 Å². The number of rotatable bonds is 6. The summed E-state index contributed by atoms with van der Waals surface area (Å²) in [6.45, 7) is 13.8. The lowest BCUT2D eigenvalue weighted by Crippen LogP contribution is -2.57. The van der Waals surface area contributed by atoms with Crippen LogP contribution in [-0.2, 0) is 19.0 Å². The maximum atomic E-state index is 12.7. The molecule has 0 amide bonds. The van der Waals surface area contributed by atoms with Crippen LogP contribution in [0, 0.1) is 11.8 Å². The van der Waals surface area contributed by atoms with Gasteiger partial charge in [-0.25, -0.2) is 9.78 Å². The van der Waals surface area contributed by atoms with Crippen LogP contribution >= 0.6 is 0 Å². The summed E-state index contributed by atoms with van der Waals surface area (Å²) < 4.78 is 6.01. The van der Waals surface area contributed by atoms with E-state index in [1.165, 1.54) is 0 Å². The summed E-state index contributed by atoms with van der Waals surface area (Å²) in [6.07, 6.45) is 2.18. The van der Waals surface area contributed by atoms with E-state index in [-0.39, 0.29) is 24.2 Å². The van der Waals surface area contributed by atoms with Crippen LogP contribution in [0.2, 0.25) is 19.6 Å². The molecular formula is C18H34O5Si. The predicted molar refractivity (Wildman–Crippen MR) is 95.0 cm³/mol. The molecule has 1 saturated carbocycles. The molecule has 0 aromatic carbocycles. The first-order valence-corrected chi connectivity index (χ1v) is 12.5. The zero-order valence-corrected chi connectivity index (χ0v) is 17.2. The number of carbonyl (C=O) groups is 1. The fourth-order valence-corrected chi connectivity index (χ4v) is 5.59. The van der Waals surface area contributed by atoms with Gasteiger partial charge in [-0.15, -0.1) is 0 Å². The van der Waals surface area contributed by atoms with Crippen molar-refractivity contribution in [2.45, 2.75) is 96.4 Å². The minimum Gasteiger partial charge on any atom is -0.406 e. The zero-order valence-electron chi connectivity index (χ0n) is 16.2. The van der Waals surface area contributed by atoms with Crippen LogP contribution in [0.3, 0.4) is 0 Å². The number of aliphatic hydroxyl groups excluding tert-OH is 1. The first-order valence-electron chi connectivity index (χ1n) is 9.11. The van der Waals surface area contributed by atoms with Gasteiger partial charge in [0.05, 0.1) is 12.2 Å². The lowest BCUT2D eigenvalue weighted by Gasteiger charge is -2.49. The van der Waals surface area contributed by atoms with Gasteiger partial charge in [0, 0.05) is 6.42 Å². The van der Waals surface area contributed by atoms with E-state index >= 15 is 0 Å². The summed E-state index contributed by atoms with van der Waals surface area (Å²) in [7, 11) is -1.85. The molecule has 0 aromatic heterocycles. The van der Waals surface area contributed by atoms with Crippen molar-refractivity contribution in [1.29, 1.82) is 0 Å². The summed E-state index contributed by atoms with van der Waals surface area (Å²) in [5, 5.41) is 10.8. The molecule has 140 valence electrons. The first-order chi connectivity index (χ1) is 10.8. The number of aliphatic hydroxyl groups is 1. The Balaban J connectivity index is 2.03. The van der Waals surface area contributed by atoms with Gasteiger partial charge in [-0.1, -0.05) is 6.92 Å². The molecule has 2 aliphatic rings. The summed E-state index contributed by atoms with van der Waals surface area (Å²) in [5.74, 6) is 0.610. The number of hydrogen-bond acceptors (Lipinski definition) is 5. The van der Waals surface area contributed by atoms with E-state index < -0.39 is 25.6 Å². The second-order valence-electron chi connectivity index (χ2n) is 9.26. The predicted octanol–water partition coefficient (Wildman–Crippen LogP) is 3.46. The smallest absolute Gasteiger partial charge is 0.185 e. The van der Waals surface area contributed by atoms with Crippen LogP contribution < -0.4 is 0 Å². The molecule has 1 heterocycles. The second-order valence-corrected chi connectivity index (χ2v) is 13.7. The third-order valence-electron chi connectivity index (χ3n) is 5.56. The number of carbonyl (C=O) groups excluding carboxylic acids is 1. The van der Waals surface area contributed by atoms with E-state index in [1.54, 1.807) is 13.8 Å². The Kier molecular flexibility index (Phi) is 5.68. The van der Waals surface area contributed by atoms with Gasteiger partial charge in [0.15, 0.2) is 14.1 Å². The summed E-state index contributed by atoms with van der Waals surface area (Å²) in [5.41, 5.74) is -1.72. The molecule has 1 N–H and O–H groups in total. The Labute approximate surface area is 147 Å². The fraction of sp³-hybridized carbons (Fsp3) is 0.944. The van der Waals surface area contributed by atoms with Crippen LogP contribution in [0.1, 0.15) is 53.4 Å². The molecule has 1 unspecified atom stereocenters. The topological polar surface area (TPSA) is 65.0 Å². The van der Waals surface area contributed by atoms with Gasteiger partial charge in [-0.05, 0) is 71.5 Å². The molecule has 0 aromatic rings. The van der Waals surface area contributed by atoms with Crippen molar-refractivity contribution in [3.63, 3.8) is 0 Å². The monoisotopic (exact) mass is 358 g/mol. The Morgan fingerprint density at radius 3 is 2.58 bits per heavy atom. The Hall–Kier alpha value is -0.273. The van der Waals surface area contributed by atoms with Gasteiger partial charge in [0.1, 0.15) is 11.2 Å². The fourth-order valence-electron chi connectivity index (χ4n) is 3.94. The quantitative estimate of drug-likeness (QED) is 0.582. The largest absolute Gasteiger partial charge is 0.406 e. The van der Waals surface area contributed by atoms with Crippen molar-refractivity contribution >= 4 is 14.1 Å². The molecule has 2 rings (SSSR count). The molecule has 0 radical (unpaired) electrons. The summed E-state index contributed by atoms with van der Waals surface area (Å²) in [6, 6.07) is 0. The van der Waals surface area contributed by atoms with Crippen molar-refractivity contribution < 1.29 is 24.1 Å². The summed E-state index contributed by atoms with van der Waals surface area (Å²) >= 11 is 0. The standard InChI is InChI=1S/C18H34O5Si/c1-12-8-9-13-10-14(12)21-22-18(13,4)16(20)11-15(19)17(2,3)23-24(5,6)7/h12-14,16,20H,8-11H2,1-7H3/t12-,13+,14+,16?,18+/m1/s1. The number of Topliss-reactive ketones (excluding diaryl/α,β-unsaturated/α-hetero) is 1. The van der Waals surface area contributed by atoms with E-state index in [2.05, 4.69) is 26.6 Å². The maximum absolute atomic E-state index is 12.7. The van der Waals surface area contributed by atoms with Crippen molar-refractivity contribution in [1.82, 2.24) is 0 Å². The van der Waals surface area contributed by atoms with Crippen molar-refractivity contribution in [3.8, 4) is 0 Å². The molecule has 2 fully saturated rings. The highest BCUT2D eigenvalue weighted by Gasteiger charge is 2.52. The zero-order chi connectivity index (χ0) is 18.3. The van der Waals surface area contributed by atoms with Crippen LogP contribution in [0.4, 0.5) is 0 Å². The van der Waals surface area contributed by atoms with Crippen LogP contribution in [-0.4, -0.2) is 42.6 Å². The third kappa shape index (κ3) is 4.27. The van der Waals surface area contributed by atoms with Gasteiger partial charge in [-0.3, -0.25) is 4.79 Å². The average Bonchev–Trinajstić information content (AvgIpc) is 2.43. The molecule has 1 aliphatic heterocycles. The van der Waals surface area contributed by atoms with E-state index in [1.807, 2.05) is 6.92 Å². The Morgan fingerprint density at radius 2 is 2.00 bits per heavy atom. The molecule has 0 spiro atoms. The molecule has 2 bridgehead atoms. The lowest BCUT2D eigenvalue weighted by atomic mass is 9.69. The molecule has 1 aliphatic carbocycles. The minimum absolute atomic E-state index is 0.0219. The third-order valence-corrected chi connectivity index (χ3v) is 6.68. The van der Waals surface area contributed by atoms with Gasteiger partial charge >= 0.3 is 0 Å². The molecule has 1 saturated heterocycles. The van der Waals surface area contributed by atoms with Gasteiger partial charge < -0.3 is 9.53 Å². The van der Waals surface area contributed by atoms with Crippen LogP contribution in [0.5, 0.6) is 0 Å². The Morgan fingerprint density at radius 1 is 1.38 bits per heavy atom. The second kappa shape index (κ2) is 6.80. The summed E-state index contributed by atoms with van der Waals surface area (Å²) in [4.78, 5) is 23.9. The molecule has 24 heavy (non-hydrogen) atoms. The first kappa shape index (κ1) is 20.0. The highest BCUT2D eigenvalue weighted by molar-refractivity contribution is 6.70. The van der Waals surface area contributed by atoms with Gasteiger partial charge in [0.25, 0.3) is 0 Å². The maximum Gasteiger partial charge on any atom is 0.185 e. The highest BCUT2D eigenvalue weighted by Crippen LogP contribution is 2.45. The number of hydrogen-bond donors (Lipinski definition) is 1. The van der Waals surface area contributed by atoms with Crippen LogP contribution in [0.15, 0.2) is 0 Å². The normalized spacial score (nSPS) is 35.6. The number of ketones is 1. The highest BCUT2D eigenvalue weighted by atomic mass is 28.4.